The highest BCUT2D eigenvalue weighted by Gasteiger charge is 2.50. The van der Waals surface area contributed by atoms with Crippen molar-refractivity contribution in [2.75, 3.05) is 24.5 Å². The van der Waals surface area contributed by atoms with Gasteiger partial charge in [-0.05, 0) is 17.7 Å². The smallest absolute Gasteiger partial charge is 0.274 e. The van der Waals surface area contributed by atoms with Gasteiger partial charge in [0, 0.05) is 43.9 Å². The van der Waals surface area contributed by atoms with Gasteiger partial charge in [-0.25, -0.2) is 9.37 Å². The molecule has 3 aromatic rings. The van der Waals surface area contributed by atoms with Crippen LogP contribution in [0, 0.1) is 17.7 Å². The van der Waals surface area contributed by atoms with Crippen molar-refractivity contribution in [3.8, 4) is 0 Å². The quantitative estimate of drug-likeness (QED) is 0.677. The van der Waals surface area contributed by atoms with Crippen molar-refractivity contribution in [3.63, 3.8) is 0 Å². The number of fused-ring (bicyclic) bond motifs is 1. The molecule has 1 amide bonds. The molecule has 2 fully saturated rings. The van der Waals surface area contributed by atoms with Gasteiger partial charge < -0.3 is 9.80 Å². The van der Waals surface area contributed by atoms with Gasteiger partial charge in [0.1, 0.15) is 17.0 Å². The fourth-order valence-electron chi connectivity index (χ4n) is 4.39. The van der Waals surface area contributed by atoms with Gasteiger partial charge in [-0.2, -0.15) is 0 Å². The van der Waals surface area contributed by atoms with Crippen LogP contribution in [-0.2, 0) is 0 Å². The molecule has 2 aliphatic heterocycles. The third-order valence-corrected chi connectivity index (χ3v) is 6.27. The summed E-state index contributed by atoms with van der Waals surface area (Å²) < 4.78 is 14.0. The number of aromatic nitrogens is 4. The zero-order valence-corrected chi connectivity index (χ0v) is 15.7. The van der Waals surface area contributed by atoms with Crippen LogP contribution in [0.1, 0.15) is 22.1 Å². The van der Waals surface area contributed by atoms with Gasteiger partial charge in [-0.15, -0.1) is 10.2 Å². The molecule has 0 spiro atoms. The molecule has 2 aromatic heterocycles. The molecule has 0 radical (unpaired) electrons. The highest BCUT2D eigenvalue weighted by molar-refractivity contribution is 7.13. The lowest BCUT2D eigenvalue weighted by Crippen LogP contribution is -2.36. The second-order valence-corrected chi connectivity index (χ2v) is 7.91. The number of benzene rings is 1. The molecule has 142 valence electrons. The van der Waals surface area contributed by atoms with Crippen LogP contribution in [0.2, 0.25) is 0 Å². The number of hydrogen-bond acceptors (Lipinski definition) is 7. The molecule has 4 heterocycles. The van der Waals surface area contributed by atoms with Crippen molar-refractivity contribution in [3.05, 3.63) is 65.4 Å². The maximum Gasteiger partial charge on any atom is 0.274 e. The normalized spacial score (nSPS) is 23.8. The standard InChI is InChI=1S/C19H17FN6OS/c20-14-3-1-2-12(6-14)17-15-10-25(19-24-23-11-28-19)8-13(15)9-26(17)18(27)16-7-21-4-5-22-16/h1-7,11,13,15,17H,8-10H2/t13-,15-,17-/m0/s1. The number of anilines is 1. The van der Waals surface area contributed by atoms with Crippen molar-refractivity contribution < 1.29 is 9.18 Å². The molecule has 3 atom stereocenters. The maximum absolute atomic E-state index is 14.0. The fraction of sp³-hybridized carbons (Fsp3) is 0.316. The van der Waals surface area contributed by atoms with Crippen LogP contribution in [0.25, 0.3) is 0 Å². The van der Waals surface area contributed by atoms with Gasteiger partial charge in [0.15, 0.2) is 0 Å². The van der Waals surface area contributed by atoms with Crippen molar-refractivity contribution in [1.82, 2.24) is 25.1 Å². The number of amides is 1. The van der Waals surface area contributed by atoms with E-state index < -0.39 is 0 Å². The highest BCUT2D eigenvalue weighted by Crippen LogP contribution is 2.46. The van der Waals surface area contributed by atoms with E-state index in [1.54, 1.807) is 17.8 Å². The third-order valence-electron chi connectivity index (χ3n) is 5.52. The third kappa shape index (κ3) is 2.91. The van der Waals surface area contributed by atoms with E-state index in [9.17, 15) is 9.18 Å². The summed E-state index contributed by atoms with van der Waals surface area (Å²) in [6, 6.07) is 6.32. The van der Waals surface area contributed by atoms with E-state index in [1.165, 1.54) is 35.9 Å². The van der Waals surface area contributed by atoms with Crippen molar-refractivity contribution >= 4 is 22.4 Å². The van der Waals surface area contributed by atoms with Crippen molar-refractivity contribution in [2.24, 2.45) is 11.8 Å². The molecular weight excluding hydrogens is 379 g/mol. The monoisotopic (exact) mass is 396 g/mol. The molecule has 1 aromatic carbocycles. The van der Waals surface area contributed by atoms with E-state index in [4.69, 9.17) is 0 Å². The van der Waals surface area contributed by atoms with Crippen LogP contribution in [0.3, 0.4) is 0 Å². The number of rotatable bonds is 3. The summed E-state index contributed by atoms with van der Waals surface area (Å²) in [5, 5.41) is 8.99. The van der Waals surface area contributed by atoms with E-state index >= 15 is 0 Å². The van der Waals surface area contributed by atoms with Gasteiger partial charge in [0.2, 0.25) is 5.13 Å². The van der Waals surface area contributed by atoms with Gasteiger partial charge >= 0.3 is 0 Å². The summed E-state index contributed by atoms with van der Waals surface area (Å²) in [6.07, 6.45) is 4.53. The zero-order valence-electron chi connectivity index (χ0n) is 14.8. The highest BCUT2D eigenvalue weighted by atomic mass is 32.1. The summed E-state index contributed by atoms with van der Waals surface area (Å²) >= 11 is 1.51. The number of nitrogens with zero attached hydrogens (tertiary/aromatic N) is 6. The Bertz CT molecular complexity index is 985. The number of carbonyl (C=O) groups is 1. The molecule has 7 nitrogen and oxygen atoms in total. The van der Waals surface area contributed by atoms with Crippen LogP contribution in [0.4, 0.5) is 9.52 Å². The second kappa shape index (κ2) is 6.90. The van der Waals surface area contributed by atoms with E-state index in [0.717, 1.165) is 23.8 Å². The summed E-state index contributed by atoms with van der Waals surface area (Å²) in [6.45, 7) is 2.15. The largest absolute Gasteiger partial charge is 0.346 e. The van der Waals surface area contributed by atoms with E-state index in [1.807, 2.05) is 11.0 Å². The van der Waals surface area contributed by atoms with Gasteiger partial charge in [0.05, 0.1) is 12.2 Å². The minimum Gasteiger partial charge on any atom is -0.346 e. The molecule has 5 rings (SSSR count). The van der Waals surface area contributed by atoms with Crippen LogP contribution in [0.15, 0.2) is 48.4 Å². The van der Waals surface area contributed by atoms with Gasteiger partial charge in [0.25, 0.3) is 5.91 Å². The first kappa shape index (κ1) is 17.2. The zero-order chi connectivity index (χ0) is 19.1. The van der Waals surface area contributed by atoms with Gasteiger partial charge in [-0.1, -0.05) is 23.5 Å². The molecule has 0 bridgehead atoms. The van der Waals surface area contributed by atoms with Crippen LogP contribution < -0.4 is 4.90 Å². The molecule has 9 heteroatoms. The maximum atomic E-state index is 14.0. The fourth-order valence-corrected chi connectivity index (χ4v) is 4.97. The Kier molecular flexibility index (Phi) is 4.23. The minimum atomic E-state index is -0.299. The van der Waals surface area contributed by atoms with Crippen LogP contribution >= 0.6 is 11.3 Å². The lowest BCUT2D eigenvalue weighted by Gasteiger charge is -2.29. The SMILES string of the molecule is O=C(c1cnccn1)N1C[C@@H]2CN(c3nncs3)C[C@@H]2[C@@H]1c1cccc(F)c1. The summed E-state index contributed by atoms with van der Waals surface area (Å²) in [5.74, 6) is -0.00448. The van der Waals surface area contributed by atoms with Crippen molar-refractivity contribution in [2.45, 2.75) is 6.04 Å². The Morgan fingerprint density at radius 3 is 2.89 bits per heavy atom. The summed E-state index contributed by atoms with van der Waals surface area (Å²) in [4.78, 5) is 25.4. The summed E-state index contributed by atoms with van der Waals surface area (Å²) in [5.41, 5.74) is 2.84. The molecule has 0 unspecified atom stereocenters. The minimum absolute atomic E-state index is 0.167. The number of hydrogen-bond donors (Lipinski definition) is 0. The molecular formula is C19H17FN6OS. The Hall–Kier alpha value is -2.94. The molecule has 28 heavy (non-hydrogen) atoms. The van der Waals surface area contributed by atoms with E-state index in [2.05, 4.69) is 25.1 Å². The lowest BCUT2D eigenvalue weighted by atomic mass is 9.89. The predicted octanol–water partition coefficient (Wildman–Crippen LogP) is 2.42. The predicted molar refractivity (Wildman–Crippen MR) is 101 cm³/mol. The Balaban J connectivity index is 1.49. The lowest BCUT2D eigenvalue weighted by molar-refractivity contribution is 0.0709. The average molecular weight is 396 g/mol. The number of likely N-dealkylation sites (tertiary alicyclic amines) is 1. The molecule has 0 aliphatic carbocycles. The first-order chi connectivity index (χ1) is 13.7. The van der Waals surface area contributed by atoms with Crippen LogP contribution in [-0.4, -0.2) is 50.6 Å². The Morgan fingerprint density at radius 1 is 1.21 bits per heavy atom. The summed E-state index contributed by atoms with van der Waals surface area (Å²) in [7, 11) is 0. The molecule has 2 saturated heterocycles. The van der Waals surface area contributed by atoms with Gasteiger partial charge in [-0.3, -0.25) is 9.78 Å². The molecule has 2 aliphatic rings. The van der Waals surface area contributed by atoms with Crippen LogP contribution in [0.5, 0.6) is 0 Å². The Morgan fingerprint density at radius 2 is 2.14 bits per heavy atom. The second-order valence-electron chi connectivity index (χ2n) is 7.10. The van der Waals surface area contributed by atoms with Crippen molar-refractivity contribution in [1.29, 1.82) is 0 Å². The van der Waals surface area contributed by atoms with E-state index in [-0.39, 0.29) is 29.6 Å². The first-order valence-electron chi connectivity index (χ1n) is 9.04. The topological polar surface area (TPSA) is 75.1 Å². The first-order valence-corrected chi connectivity index (χ1v) is 9.92. The van der Waals surface area contributed by atoms with E-state index in [0.29, 0.717) is 12.2 Å². The molecule has 0 N–H and O–H groups in total. The number of halogens is 1. The average Bonchev–Trinajstić information content (AvgIpc) is 3.43. The Labute approximate surface area is 164 Å². The molecule has 0 saturated carbocycles. The number of carbonyl (C=O) groups excluding carboxylic acids is 1.